The molecule has 142 valence electrons. The molecule has 1 heterocycles. The van der Waals surface area contributed by atoms with Crippen LogP contribution in [-0.4, -0.2) is 41.6 Å². The van der Waals surface area contributed by atoms with Crippen LogP contribution in [0.25, 0.3) is 0 Å². The number of aromatic nitrogens is 1. The highest BCUT2D eigenvalue weighted by atomic mass is 19.4. The van der Waals surface area contributed by atoms with E-state index < -0.39 is 53.6 Å². The maximum absolute atomic E-state index is 12.7. The van der Waals surface area contributed by atoms with Gasteiger partial charge in [0.05, 0.1) is 19.3 Å². The first-order chi connectivity index (χ1) is 11.2. The van der Waals surface area contributed by atoms with E-state index in [-0.39, 0.29) is 0 Å². The van der Waals surface area contributed by atoms with Gasteiger partial charge in [0.2, 0.25) is 5.88 Å². The van der Waals surface area contributed by atoms with E-state index in [1.807, 2.05) is 0 Å². The summed E-state index contributed by atoms with van der Waals surface area (Å²) < 4.78 is 84.4. The van der Waals surface area contributed by atoms with Crippen molar-refractivity contribution >= 4 is 11.8 Å². The van der Waals surface area contributed by atoms with Gasteiger partial charge in [0.1, 0.15) is 5.56 Å². The van der Waals surface area contributed by atoms with E-state index in [0.717, 1.165) is 7.11 Å². The summed E-state index contributed by atoms with van der Waals surface area (Å²) in [7, 11) is 0.873. The van der Waals surface area contributed by atoms with Crippen molar-refractivity contribution in [2.45, 2.75) is 24.9 Å². The maximum atomic E-state index is 12.7. The van der Waals surface area contributed by atoms with E-state index in [9.17, 15) is 31.1 Å². The number of amides is 1. The largest absolute Gasteiger partial charge is 0.480 e. The molecule has 1 amide bonds. The van der Waals surface area contributed by atoms with Crippen LogP contribution in [0.3, 0.4) is 0 Å². The number of carbonyl (C=O) groups excluding carboxylic acids is 1. The fourth-order valence-corrected chi connectivity index (χ4v) is 1.40. The van der Waals surface area contributed by atoms with Gasteiger partial charge in [0, 0.05) is 0 Å². The second-order valence-corrected chi connectivity index (χ2v) is 4.95. The summed E-state index contributed by atoms with van der Waals surface area (Å²) in [6.45, 7) is -0.867. The molecule has 1 atom stereocenters. The molecule has 0 saturated carbocycles. The van der Waals surface area contributed by atoms with E-state index in [1.54, 1.807) is 5.32 Å². The van der Waals surface area contributed by atoms with Gasteiger partial charge >= 0.3 is 18.4 Å². The van der Waals surface area contributed by atoms with Gasteiger partial charge in [-0.05, 0) is 13.0 Å². The summed E-state index contributed by atoms with van der Waals surface area (Å²) in [5, 5.41) is 10.7. The molecule has 1 aromatic rings. The minimum Gasteiger partial charge on any atom is -0.480 e. The first-order valence-corrected chi connectivity index (χ1v) is 6.35. The Hall–Kier alpha value is -2.44. The zero-order valence-electron chi connectivity index (χ0n) is 12.7. The van der Waals surface area contributed by atoms with Gasteiger partial charge in [-0.1, -0.05) is 0 Å². The second kappa shape index (κ2) is 6.82. The highest BCUT2D eigenvalue weighted by Crippen LogP contribution is 2.38. The molecule has 13 heteroatoms. The van der Waals surface area contributed by atoms with Crippen molar-refractivity contribution in [1.82, 2.24) is 10.3 Å². The average Bonchev–Trinajstić information content (AvgIpc) is 2.44. The van der Waals surface area contributed by atoms with E-state index >= 15 is 0 Å². The maximum Gasteiger partial charge on any atom is 0.421 e. The highest BCUT2D eigenvalue weighted by molar-refractivity contribution is 5.72. The molecule has 0 fully saturated rings. The van der Waals surface area contributed by atoms with Crippen molar-refractivity contribution in [3.8, 4) is 11.8 Å². The number of nitrogen functional groups attached to an aromatic ring is 1. The van der Waals surface area contributed by atoms with E-state index in [1.165, 1.54) is 0 Å². The summed E-state index contributed by atoms with van der Waals surface area (Å²) in [5.41, 5.74) is 0.00551. The van der Waals surface area contributed by atoms with E-state index in [2.05, 4.69) is 14.5 Å². The molecule has 0 bridgehead atoms. The molecule has 4 N–H and O–H groups in total. The standard InChI is InChI=1S/C12H13F6N3O4/c1-10(23,12(16,17)18)4-20-9(22)25-8-6(19)3-5(11(13,14)15)7(21-8)24-2/h3,23H,4,19H2,1-2H3,(H,20,22). The van der Waals surface area contributed by atoms with Gasteiger partial charge in [-0.3, -0.25) is 0 Å². The molecule has 0 radical (unpaired) electrons. The minimum absolute atomic E-state index is 0.389. The van der Waals surface area contributed by atoms with Crippen LogP contribution >= 0.6 is 0 Å². The number of nitrogens with zero attached hydrogens (tertiary/aromatic N) is 1. The predicted octanol–water partition coefficient (Wildman–Crippen LogP) is 2.09. The molecular weight excluding hydrogens is 364 g/mol. The second-order valence-electron chi connectivity index (χ2n) is 4.95. The molecule has 0 aliphatic rings. The number of rotatable bonds is 4. The van der Waals surface area contributed by atoms with Gasteiger partial charge in [-0.15, -0.1) is 0 Å². The molecular formula is C12H13F6N3O4. The topological polar surface area (TPSA) is 107 Å². The van der Waals surface area contributed by atoms with Crippen LogP contribution in [0.2, 0.25) is 0 Å². The number of aliphatic hydroxyl groups is 1. The molecule has 0 saturated heterocycles. The summed E-state index contributed by atoms with van der Waals surface area (Å²) in [5.74, 6) is -1.76. The third kappa shape index (κ3) is 5.01. The Balaban J connectivity index is 2.92. The van der Waals surface area contributed by atoms with Crippen LogP contribution in [-0.2, 0) is 6.18 Å². The lowest BCUT2D eigenvalue weighted by Crippen LogP contribution is -2.51. The quantitative estimate of drug-likeness (QED) is 0.694. The van der Waals surface area contributed by atoms with Crippen molar-refractivity contribution in [2.24, 2.45) is 0 Å². The van der Waals surface area contributed by atoms with Crippen molar-refractivity contribution in [3.05, 3.63) is 11.6 Å². The Kier molecular flexibility index (Phi) is 5.62. The van der Waals surface area contributed by atoms with Gasteiger partial charge in [-0.2, -0.15) is 31.3 Å². The molecule has 0 aromatic carbocycles. The first kappa shape index (κ1) is 20.6. The molecule has 25 heavy (non-hydrogen) atoms. The zero-order valence-corrected chi connectivity index (χ0v) is 12.7. The molecule has 0 aliphatic carbocycles. The Morgan fingerprint density at radius 1 is 1.28 bits per heavy atom. The van der Waals surface area contributed by atoms with Crippen LogP contribution in [0.5, 0.6) is 11.8 Å². The fraction of sp³-hybridized carbons (Fsp3) is 0.500. The number of nitrogens with one attached hydrogen (secondary N) is 1. The summed E-state index contributed by atoms with van der Waals surface area (Å²) >= 11 is 0. The first-order valence-electron chi connectivity index (χ1n) is 6.35. The van der Waals surface area contributed by atoms with Crippen LogP contribution in [0.1, 0.15) is 12.5 Å². The number of hydrogen-bond donors (Lipinski definition) is 3. The van der Waals surface area contributed by atoms with Gasteiger partial charge < -0.3 is 25.6 Å². The number of alkyl halides is 6. The molecule has 0 aliphatic heterocycles. The smallest absolute Gasteiger partial charge is 0.421 e. The zero-order chi connectivity index (χ0) is 19.6. The number of anilines is 1. The normalized spacial score (nSPS) is 14.6. The van der Waals surface area contributed by atoms with Crippen LogP contribution < -0.4 is 20.5 Å². The molecule has 1 rings (SSSR count). The Morgan fingerprint density at radius 3 is 2.28 bits per heavy atom. The molecule has 1 unspecified atom stereocenters. The van der Waals surface area contributed by atoms with Crippen molar-refractivity contribution in [2.75, 3.05) is 19.4 Å². The summed E-state index contributed by atoms with van der Waals surface area (Å²) in [4.78, 5) is 14.7. The number of hydrogen-bond acceptors (Lipinski definition) is 6. The average molecular weight is 377 g/mol. The van der Waals surface area contributed by atoms with Crippen molar-refractivity contribution in [1.29, 1.82) is 0 Å². The summed E-state index contributed by atoms with van der Waals surface area (Å²) in [6.07, 6.45) is -11.4. The third-order valence-electron chi connectivity index (χ3n) is 2.86. The third-order valence-corrected chi connectivity index (χ3v) is 2.86. The number of halogens is 6. The molecule has 0 spiro atoms. The van der Waals surface area contributed by atoms with Gasteiger partial charge in [0.25, 0.3) is 5.88 Å². The van der Waals surface area contributed by atoms with E-state index in [4.69, 9.17) is 10.8 Å². The van der Waals surface area contributed by atoms with Crippen LogP contribution in [0.15, 0.2) is 6.07 Å². The van der Waals surface area contributed by atoms with Crippen molar-refractivity contribution in [3.63, 3.8) is 0 Å². The number of carbonyl (C=O) groups is 1. The highest BCUT2D eigenvalue weighted by Gasteiger charge is 2.50. The molecule has 7 nitrogen and oxygen atoms in total. The van der Waals surface area contributed by atoms with Gasteiger partial charge in [-0.25, -0.2) is 4.79 Å². The lowest BCUT2D eigenvalue weighted by Gasteiger charge is -2.26. The number of nitrogens with two attached hydrogens (primary N) is 1. The molecule has 1 aromatic heterocycles. The van der Waals surface area contributed by atoms with Gasteiger partial charge in [0.15, 0.2) is 5.60 Å². The predicted molar refractivity (Wildman–Crippen MR) is 70.9 cm³/mol. The minimum atomic E-state index is -5.03. The Morgan fingerprint density at radius 2 is 1.84 bits per heavy atom. The number of pyridine rings is 1. The van der Waals surface area contributed by atoms with E-state index in [0.29, 0.717) is 13.0 Å². The van der Waals surface area contributed by atoms with Crippen molar-refractivity contribution < 1.29 is 45.7 Å². The SMILES string of the molecule is COc1nc(OC(=O)NCC(C)(O)C(F)(F)F)c(N)cc1C(F)(F)F. The van der Waals surface area contributed by atoms with Crippen LogP contribution in [0.4, 0.5) is 36.8 Å². The lowest BCUT2D eigenvalue weighted by atomic mass is 10.1. The Labute approximate surface area is 136 Å². The Bertz CT molecular complexity index is 645. The number of methoxy groups -OCH3 is 1. The summed E-state index contributed by atoms with van der Waals surface area (Å²) in [6, 6.07) is 0.389. The monoisotopic (exact) mass is 377 g/mol. The lowest BCUT2D eigenvalue weighted by molar-refractivity contribution is -0.249. The van der Waals surface area contributed by atoms with Crippen LogP contribution in [0, 0.1) is 0 Å². The fourth-order valence-electron chi connectivity index (χ4n) is 1.40. The number of ether oxygens (including phenoxy) is 2.